The van der Waals surface area contributed by atoms with Crippen molar-refractivity contribution in [2.24, 2.45) is 0 Å². The molecule has 2 rings (SSSR count). The van der Waals surface area contributed by atoms with E-state index in [0.717, 1.165) is 0 Å². The van der Waals surface area contributed by atoms with Crippen LogP contribution in [0.4, 0.5) is 8.78 Å². The van der Waals surface area contributed by atoms with Crippen molar-refractivity contribution in [3.63, 3.8) is 0 Å². The third-order valence-corrected chi connectivity index (χ3v) is 2.43. The van der Waals surface area contributed by atoms with Crippen molar-refractivity contribution >= 4 is 0 Å². The molecule has 0 radical (unpaired) electrons. The number of hydrogen-bond donors (Lipinski definition) is 1. The van der Waals surface area contributed by atoms with Crippen LogP contribution in [0.3, 0.4) is 0 Å². The Bertz CT molecular complexity index is 543. The second kappa shape index (κ2) is 5.60. The van der Waals surface area contributed by atoms with E-state index in [1.165, 1.54) is 24.3 Å². The molecule has 0 unspecified atom stereocenters. The van der Waals surface area contributed by atoms with Gasteiger partial charge in [0.15, 0.2) is 11.6 Å². The normalized spacial score (nSPS) is 10.4. The molecule has 4 heteroatoms. The largest absolute Gasteiger partial charge is 0.454 e. The Balaban J connectivity index is 2.33. The molecule has 18 heavy (non-hydrogen) atoms. The van der Waals surface area contributed by atoms with Crippen LogP contribution < -0.4 is 10.1 Å². The number of nitrogens with one attached hydrogen (secondary N) is 1. The summed E-state index contributed by atoms with van der Waals surface area (Å²) < 4.78 is 32.2. The summed E-state index contributed by atoms with van der Waals surface area (Å²) in [5, 5.41) is 2.93. The van der Waals surface area contributed by atoms with E-state index < -0.39 is 11.6 Å². The van der Waals surface area contributed by atoms with Crippen LogP contribution in [0.1, 0.15) is 5.56 Å². The predicted octanol–water partition coefficient (Wildman–Crippen LogP) is 3.48. The molecule has 2 nitrogen and oxygen atoms in total. The van der Waals surface area contributed by atoms with Crippen LogP contribution in [0.15, 0.2) is 42.5 Å². The van der Waals surface area contributed by atoms with E-state index in [9.17, 15) is 8.78 Å². The van der Waals surface area contributed by atoms with Gasteiger partial charge in [0, 0.05) is 18.2 Å². The molecular weight excluding hydrogens is 236 g/mol. The molecule has 0 atom stereocenters. The maximum atomic E-state index is 13.7. The highest BCUT2D eigenvalue weighted by molar-refractivity contribution is 5.39. The SMILES string of the molecule is CNCc1cccc(F)c1Oc1cccc(F)c1. The summed E-state index contributed by atoms with van der Waals surface area (Å²) in [6, 6.07) is 10.3. The van der Waals surface area contributed by atoms with E-state index >= 15 is 0 Å². The summed E-state index contributed by atoms with van der Waals surface area (Å²) >= 11 is 0. The number of rotatable bonds is 4. The minimum absolute atomic E-state index is 0.123. The van der Waals surface area contributed by atoms with Gasteiger partial charge in [0.05, 0.1) is 0 Å². The lowest BCUT2D eigenvalue weighted by atomic mass is 10.2. The molecule has 2 aromatic carbocycles. The van der Waals surface area contributed by atoms with Crippen LogP contribution in [0, 0.1) is 11.6 Å². The number of halogens is 2. The Morgan fingerprint density at radius 1 is 1.11 bits per heavy atom. The van der Waals surface area contributed by atoms with Crippen molar-refractivity contribution in [3.05, 3.63) is 59.7 Å². The molecule has 0 amide bonds. The molecule has 0 bridgehead atoms. The second-order valence-electron chi connectivity index (χ2n) is 3.82. The van der Waals surface area contributed by atoms with Crippen molar-refractivity contribution in [1.29, 1.82) is 0 Å². The second-order valence-corrected chi connectivity index (χ2v) is 3.82. The summed E-state index contributed by atoms with van der Waals surface area (Å²) in [5.41, 5.74) is 0.682. The lowest BCUT2D eigenvalue weighted by Crippen LogP contribution is -2.07. The number of benzene rings is 2. The molecule has 0 saturated heterocycles. The fraction of sp³-hybridized carbons (Fsp3) is 0.143. The van der Waals surface area contributed by atoms with Crippen molar-refractivity contribution in [3.8, 4) is 11.5 Å². The zero-order valence-corrected chi connectivity index (χ0v) is 9.91. The topological polar surface area (TPSA) is 21.3 Å². The van der Waals surface area contributed by atoms with Gasteiger partial charge in [-0.25, -0.2) is 8.78 Å². The monoisotopic (exact) mass is 249 g/mol. The van der Waals surface area contributed by atoms with Crippen LogP contribution in [0.2, 0.25) is 0 Å². The van der Waals surface area contributed by atoms with Gasteiger partial charge < -0.3 is 10.1 Å². The van der Waals surface area contributed by atoms with Gasteiger partial charge in [-0.3, -0.25) is 0 Å². The van der Waals surface area contributed by atoms with E-state index in [1.54, 1.807) is 25.2 Å². The highest BCUT2D eigenvalue weighted by Crippen LogP contribution is 2.28. The molecule has 94 valence electrons. The molecule has 0 aromatic heterocycles. The maximum Gasteiger partial charge on any atom is 0.167 e. The quantitative estimate of drug-likeness (QED) is 0.895. The third-order valence-electron chi connectivity index (χ3n) is 2.43. The molecule has 0 aliphatic rings. The first-order valence-corrected chi connectivity index (χ1v) is 5.56. The van der Waals surface area contributed by atoms with Gasteiger partial charge in [0.1, 0.15) is 11.6 Å². The standard InChI is InChI=1S/C14H13F2NO/c1-17-9-10-4-2-7-13(16)14(10)18-12-6-3-5-11(15)8-12/h2-8,17H,9H2,1H3. The summed E-state index contributed by atoms with van der Waals surface area (Å²) in [4.78, 5) is 0. The first-order chi connectivity index (χ1) is 8.70. The average molecular weight is 249 g/mol. The van der Waals surface area contributed by atoms with E-state index in [4.69, 9.17) is 4.74 Å². The molecule has 0 spiro atoms. The van der Waals surface area contributed by atoms with Gasteiger partial charge in [-0.15, -0.1) is 0 Å². The minimum Gasteiger partial charge on any atom is -0.454 e. The molecule has 0 fully saturated rings. The van der Waals surface area contributed by atoms with Gasteiger partial charge in [-0.05, 0) is 25.2 Å². The Hall–Kier alpha value is -1.94. The van der Waals surface area contributed by atoms with Gasteiger partial charge in [0.2, 0.25) is 0 Å². The van der Waals surface area contributed by atoms with E-state index in [2.05, 4.69) is 5.32 Å². The Kier molecular flexibility index (Phi) is 3.89. The van der Waals surface area contributed by atoms with E-state index in [0.29, 0.717) is 12.1 Å². The van der Waals surface area contributed by atoms with E-state index in [1.807, 2.05) is 0 Å². The highest BCUT2D eigenvalue weighted by atomic mass is 19.1. The molecular formula is C14H13F2NO. The van der Waals surface area contributed by atoms with Crippen LogP contribution in [0.25, 0.3) is 0 Å². The zero-order chi connectivity index (χ0) is 13.0. The predicted molar refractivity (Wildman–Crippen MR) is 65.6 cm³/mol. The van der Waals surface area contributed by atoms with Crippen LogP contribution in [0.5, 0.6) is 11.5 Å². The molecule has 0 aliphatic carbocycles. The van der Waals surface area contributed by atoms with Crippen LogP contribution in [-0.2, 0) is 6.54 Å². The Morgan fingerprint density at radius 2 is 1.89 bits per heavy atom. The first-order valence-electron chi connectivity index (χ1n) is 5.56. The fourth-order valence-electron chi connectivity index (χ4n) is 1.65. The Labute approximate surface area is 104 Å². The highest BCUT2D eigenvalue weighted by Gasteiger charge is 2.10. The van der Waals surface area contributed by atoms with Crippen molar-refractivity contribution < 1.29 is 13.5 Å². The first kappa shape index (κ1) is 12.5. The van der Waals surface area contributed by atoms with Gasteiger partial charge >= 0.3 is 0 Å². The summed E-state index contributed by atoms with van der Waals surface area (Å²) in [6.45, 7) is 0.475. The molecule has 2 aromatic rings. The number of hydrogen-bond acceptors (Lipinski definition) is 2. The van der Waals surface area contributed by atoms with Crippen LogP contribution in [-0.4, -0.2) is 7.05 Å². The average Bonchev–Trinajstić information content (AvgIpc) is 2.34. The van der Waals surface area contributed by atoms with Gasteiger partial charge in [-0.1, -0.05) is 18.2 Å². The smallest absolute Gasteiger partial charge is 0.167 e. The van der Waals surface area contributed by atoms with Crippen molar-refractivity contribution in [2.75, 3.05) is 7.05 Å². The van der Waals surface area contributed by atoms with Gasteiger partial charge in [0.25, 0.3) is 0 Å². The molecule has 1 N–H and O–H groups in total. The summed E-state index contributed by atoms with van der Waals surface area (Å²) in [7, 11) is 1.76. The van der Waals surface area contributed by atoms with Gasteiger partial charge in [-0.2, -0.15) is 0 Å². The minimum atomic E-state index is -0.466. The lowest BCUT2D eigenvalue weighted by molar-refractivity contribution is 0.431. The molecule has 0 aliphatic heterocycles. The van der Waals surface area contributed by atoms with Crippen molar-refractivity contribution in [2.45, 2.75) is 6.54 Å². The summed E-state index contributed by atoms with van der Waals surface area (Å²) in [5.74, 6) is -0.485. The zero-order valence-electron chi connectivity index (χ0n) is 9.91. The molecule has 0 heterocycles. The van der Waals surface area contributed by atoms with Crippen LogP contribution >= 0.6 is 0 Å². The summed E-state index contributed by atoms with van der Waals surface area (Å²) in [6.07, 6.45) is 0. The Morgan fingerprint density at radius 3 is 2.61 bits per heavy atom. The maximum absolute atomic E-state index is 13.7. The fourth-order valence-corrected chi connectivity index (χ4v) is 1.65. The van der Waals surface area contributed by atoms with Crippen molar-refractivity contribution in [1.82, 2.24) is 5.32 Å². The van der Waals surface area contributed by atoms with E-state index in [-0.39, 0.29) is 11.5 Å². The lowest BCUT2D eigenvalue weighted by Gasteiger charge is -2.11. The third kappa shape index (κ3) is 2.84. The number of ether oxygens (including phenoxy) is 1. The molecule has 0 saturated carbocycles. The number of para-hydroxylation sites is 1.